The lowest BCUT2D eigenvalue weighted by Crippen LogP contribution is -1.99. The van der Waals surface area contributed by atoms with E-state index in [0.717, 1.165) is 11.1 Å². The predicted octanol–water partition coefficient (Wildman–Crippen LogP) is 1.36. The van der Waals surface area contributed by atoms with E-state index in [1.165, 1.54) is 0 Å². The Bertz CT molecular complexity index is 583. The molecule has 0 aliphatic heterocycles. The van der Waals surface area contributed by atoms with Crippen molar-refractivity contribution in [1.29, 1.82) is 0 Å². The number of nitrogens with two attached hydrogens (primary N) is 1. The van der Waals surface area contributed by atoms with Crippen molar-refractivity contribution in [2.45, 2.75) is 13.2 Å². The van der Waals surface area contributed by atoms with Crippen LogP contribution in [-0.4, -0.2) is 31.5 Å². The van der Waals surface area contributed by atoms with Crippen molar-refractivity contribution in [1.82, 2.24) is 10.1 Å². The molecule has 0 bridgehead atoms. The maximum Gasteiger partial charge on any atom is 0.240 e. The number of hydrogen-bond donors (Lipinski definition) is 1. The lowest BCUT2D eigenvalue weighted by atomic mass is 10.1. The highest BCUT2D eigenvalue weighted by Crippen LogP contribution is 2.35. The van der Waals surface area contributed by atoms with E-state index in [1.54, 1.807) is 27.4 Å². The summed E-state index contributed by atoms with van der Waals surface area (Å²) in [7, 11) is 4.76. The van der Waals surface area contributed by atoms with Gasteiger partial charge in [0.05, 0.1) is 27.4 Å². The Labute approximate surface area is 116 Å². The third-order valence-electron chi connectivity index (χ3n) is 2.76. The Morgan fingerprint density at radius 1 is 1.20 bits per heavy atom. The number of hydrogen-bond acceptors (Lipinski definition) is 7. The summed E-state index contributed by atoms with van der Waals surface area (Å²) in [5.74, 6) is 2.03. The lowest BCUT2D eigenvalue weighted by molar-refractivity contribution is 0.181. The zero-order valence-electron chi connectivity index (χ0n) is 11.7. The summed E-state index contributed by atoms with van der Waals surface area (Å²) in [5.41, 5.74) is 7.04. The number of nitrogens with zero attached hydrogens (tertiary/aromatic N) is 2. The van der Waals surface area contributed by atoms with E-state index < -0.39 is 0 Å². The fourth-order valence-corrected chi connectivity index (χ4v) is 1.89. The molecular formula is C13H17N3O4. The Hall–Kier alpha value is -2.12. The van der Waals surface area contributed by atoms with E-state index in [1.807, 2.05) is 6.07 Å². The summed E-state index contributed by atoms with van der Waals surface area (Å²) in [5, 5.41) is 3.89. The van der Waals surface area contributed by atoms with Crippen molar-refractivity contribution in [3.8, 4) is 22.9 Å². The van der Waals surface area contributed by atoms with E-state index >= 15 is 0 Å². The van der Waals surface area contributed by atoms with E-state index in [9.17, 15) is 0 Å². The first kappa shape index (κ1) is 14.3. The average molecular weight is 279 g/mol. The highest BCUT2D eigenvalue weighted by molar-refractivity contribution is 5.63. The van der Waals surface area contributed by atoms with Gasteiger partial charge in [-0.15, -0.1) is 0 Å². The minimum absolute atomic E-state index is 0.200. The van der Waals surface area contributed by atoms with Crippen LogP contribution < -0.4 is 15.2 Å². The Morgan fingerprint density at radius 2 is 2.00 bits per heavy atom. The van der Waals surface area contributed by atoms with Gasteiger partial charge in [0.25, 0.3) is 0 Å². The van der Waals surface area contributed by atoms with Crippen molar-refractivity contribution < 1.29 is 18.7 Å². The van der Waals surface area contributed by atoms with Crippen LogP contribution in [0.4, 0.5) is 0 Å². The molecule has 0 aliphatic rings. The van der Waals surface area contributed by atoms with Crippen LogP contribution in [0.1, 0.15) is 11.5 Å². The maximum absolute atomic E-state index is 5.46. The lowest BCUT2D eigenvalue weighted by Gasteiger charge is -2.13. The van der Waals surface area contributed by atoms with Gasteiger partial charge in [0.2, 0.25) is 11.7 Å². The number of aromatic nitrogens is 2. The van der Waals surface area contributed by atoms with Crippen LogP contribution in [0.3, 0.4) is 0 Å². The third kappa shape index (κ3) is 2.73. The van der Waals surface area contributed by atoms with Gasteiger partial charge in [0, 0.05) is 18.2 Å². The molecule has 2 aromatic rings. The third-order valence-corrected chi connectivity index (χ3v) is 2.76. The normalized spacial score (nSPS) is 10.6. The van der Waals surface area contributed by atoms with Gasteiger partial charge < -0.3 is 24.5 Å². The molecule has 2 N–H and O–H groups in total. The summed E-state index contributed by atoms with van der Waals surface area (Å²) in [6.45, 7) is 0.584. The zero-order valence-corrected chi connectivity index (χ0v) is 11.7. The number of rotatable bonds is 6. The van der Waals surface area contributed by atoms with Crippen LogP contribution in [0, 0.1) is 0 Å². The first-order valence-corrected chi connectivity index (χ1v) is 6.00. The zero-order chi connectivity index (χ0) is 14.5. The van der Waals surface area contributed by atoms with E-state index in [2.05, 4.69) is 10.1 Å². The first-order chi connectivity index (χ1) is 9.73. The van der Waals surface area contributed by atoms with Crippen LogP contribution in [0.5, 0.6) is 11.5 Å². The van der Waals surface area contributed by atoms with Crippen molar-refractivity contribution in [3.05, 3.63) is 23.6 Å². The fraction of sp³-hybridized carbons (Fsp3) is 0.385. The van der Waals surface area contributed by atoms with Gasteiger partial charge in [-0.1, -0.05) is 5.16 Å². The van der Waals surface area contributed by atoms with Crippen LogP contribution in [-0.2, 0) is 17.9 Å². The van der Waals surface area contributed by atoms with E-state index in [0.29, 0.717) is 29.8 Å². The summed E-state index contributed by atoms with van der Waals surface area (Å²) >= 11 is 0. The molecule has 0 saturated carbocycles. The Morgan fingerprint density at radius 3 is 2.55 bits per heavy atom. The van der Waals surface area contributed by atoms with Crippen molar-refractivity contribution in [3.63, 3.8) is 0 Å². The maximum atomic E-state index is 5.46. The molecule has 0 unspecified atom stereocenters. The molecule has 2 rings (SSSR count). The molecule has 1 heterocycles. The molecule has 7 heteroatoms. The van der Waals surface area contributed by atoms with E-state index in [4.69, 9.17) is 24.5 Å². The molecule has 0 aliphatic carbocycles. The predicted molar refractivity (Wildman–Crippen MR) is 71.4 cm³/mol. The fourth-order valence-electron chi connectivity index (χ4n) is 1.89. The largest absolute Gasteiger partial charge is 0.493 e. The minimum Gasteiger partial charge on any atom is -0.493 e. The first-order valence-electron chi connectivity index (χ1n) is 6.00. The number of methoxy groups -OCH3 is 3. The molecule has 0 radical (unpaired) electrons. The SMILES string of the molecule is COCc1cc(-c2noc(CN)n2)cc(OC)c1OC. The van der Waals surface area contributed by atoms with Crippen molar-refractivity contribution in [2.24, 2.45) is 5.73 Å². The van der Waals surface area contributed by atoms with Crippen LogP contribution >= 0.6 is 0 Å². The Kier molecular flexibility index (Phi) is 4.54. The van der Waals surface area contributed by atoms with Gasteiger partial charge in [-0.05, 0) is 12.1 Å². The van der Waals surface area contributed by atoms with Crippen LogP contribution in [0.25, 0.3) is 11.4 Å². The molecule has 1 aromatic heterocycles. The van der Waals surface area contributed by atoms with Gasteiger partial charge in [-0.2, -0.15) is 4.98 Å². The summed E-state index contributed by atoms with van der Waals surface area (Å²) in [4.78, 5) is 4.19. The molecule has 7 nitrogen and oxygen atoms in total. The second-order valence-corrected chi connectivity index (χ2v) is 4.02. The van der Waals surface area contributed by atoms with Crippen molar-refractivity contribution >= 4 is 0 Å². The number of benzene rings is 1. The minimum atomic E-state index is 0.200. The highest BCUT2D eigenvalue weighted by Gasteiger charge is 2.16. The average Bonchev–Trinajstić information content (AvgIpc) is 2.95. The molecule has 0 saturated heterocycles. The molecule has 20 heavy (non-hydrogen) atoms. The van der Waals surface area contributed by atoms with Crippen LogP contribution in [0.15, 0.2) is 16.7 Å². The van der Waals surface area contributed by atoms with Crippen LogP contribution in [0.2, 0.25) is 0 Å². The van der Waals surface area contributed by atoms with Crippen molar-refractivity contribution in [2.75, 3.05) is 21.3 Å². The van der Waals surface area contributed by atoms with Gasteiger partial charge in [0.1, 0.15) is 0 Å². The Balaban J connectivity index is 2.50. The second kappa shape index (κ2) is 6.36. The summed E-state index contributed by atoms with van der Waals surface area (Å²) in [6, 6.07) is 3.65. The quantitative estimate of drug-likeness (QED) is 0.853. The molecule has 1 aromatic carbocycles. The van der Waals surface area contributed by atoms with Gasteiger partial charge in [-0.3, -0.25) is 0 Å². The number of ether oxygens (including phenoxy) is 3. The molecule has 108 valence electrons. The molecule has 0 fully saturated rings. The van der Waals surface area contributed by atoms with E-state index in [-0.39, 0.29) is 6.54 Å². The van der Waals surface area contributed by atoms with Gasteiger partial charge >= 0.3 is 0 Å². The summed E-state index contributed by atoms with van der Waals surface area (Å²) in [6.07, 6.45) is 0. The van der Waals surface area contributed by atoms with Gasteiger partial charge in [-0.25, -0.2) is 0 Å². The second-order valence-electron chi connectivity index (χ2n) is 4.02. The molecule has 0 amide bonds. The van der Waals surface area contributed by atoms with Gasteiger partial charge in [0.15, 0.2) is 11.5 Å². The smallest absolute Gasteiger partial charge is 0.240 e. The standard InChI is InChI=1S/C13H17N3O4/c1-17-7-9-4-8(5-10(18-2)12(9)19-3)13-15-11(6-14)20-16-13/h4-5H,6-7,14H2,1-3H3. The molecule has 0 spiro atoms. The monoisotopic (exact) mass is 279 g/mol. The molecular weight excluding hydrogens is 262 g/mol. The topological polar surface area (TPSA) is 92.6 Å². The highest BCUT2D eigenvalue weighted by atomic mass is 16.5. The molecule has 0 atom stereocenters. The summed E-state index contributed by atoms with van der Waals surface area (Å²) < 4.78 is 20.9.